The van der Waals surface area contributed by atoms with Crippen molar-refractivity contribution >= 4 is 11.8 Å². The average Bonchev–Trinajstić information content (AvgIpc) is 3.35. The van der Waals surface area contributed by atoms with E-state index in [-0.39, 0.29) is 17.5 Å². The molecular formula is C19H19N5O3. The van der Waals surface area contributed by atoms with E-state index < -0.39 is 5.91 Å². The van der Waals surface area contributed by atoms with Gasteiger partial charge in [0, 0.05) is 37.7 Å². The van der Waals surface area contributed by atoms with Gasteiger partial charge in [-0.3, -0.25) is 14.8 Å². The largest absolute Gasteiger partial charge is 0.341 e. The summed E-state index contributed by atoms with van der Waals surface area (Å²) in [5.41, 5.74) is 4.27. The molecule has 138 valence electrons. The molecule has 8 nitrogen and oxygen atoms in total. The van der Waals surface area contributed by atoms with Crippen LogP contribution >= 0.6 is 0 Å². The van der Waals surface area contributed by atoms with E-state index in [1.165, 1.54) is 6.07 Å². The molecule has 1 aliphatic heterocycles. The summed E-state index contributed by atoms with van der Waals surface area (Å²) in [5.74, 6) is -0.764. The van der Waals surface area contributed by atoms with Crippen LogP contribution in [0.5, 0.6) is 0 Å². The van der Waals surface area contributed by atoms with Gasteiger partial charge in [0.2, 0.25) is 0 Å². The number of aromatic nitrogens is 3. The zero-order chi connectivity index (χ0) is 19.0. The van der Waals surface area contributed by atoms with Crippen LogP contribution in [0.4, 0.5) is 0 Å². The Kier molecular flexibility index (Phi) is 4.25. The minimum atomic E-state index is -0.627. The Morgan fingerprint density at radius 3 is 2.78 bits per heavy atom. The van der Waals surface area contributed by atoms with Crippen molar-refractivity contribution in [2.24, 2.45) is 0 Å². The number of hydrogen-bond donors (Lipinski definition) is 2. The molecule has 3 aromatic rings. The van der Waals surface area contributed by atoms with Crippen molar-refractivity contribution < 1.29 is 14.8 Å². The molecule has 1 aromatic carbocycles. The van der Waals surface area contributed by atoms with E-state index in [1.807, 2.05) is 43.5 Å². The molecule has 3 heterocycles. The third-order valence-corrected chi connectivity index (χ3v) is 4.79. The number of amides is 2. The monoisotopic (exact) mass is 365 g/mol. The summed E-state index contributed by atoms with van der Waals surface area (Å²) in [6, 6.07) is 11.2. The van der Waals surface area contributed by atoms with Crippen molar-refractivity contribution in [1.29, 1.82) is 0 Å². The van der Waals surface area contributed by atoms with Crippen molar-refractivity contribution in [3.8, 4) is 5.69 Å². The summed E-state index contributed by atoms with van der Waals surface area (Å²) in [6.07, 6.45) is 5.19. The summed E-state index contributed by atoms with van der Waals surface area (Å²) in [5, 5.41) is 13.0. The van der Waals surface area contributed by atoms with Crippen LogP contribution in [0.2, 0.25) is 0 Å². The Hall–Kier alpha value is -3.39. The Balaban J connectivity index is 1.55. The highest BCUT2D eigenvalue weighted by atomic mass is 16.5. The van der Waals surface area contributed by atoms with Crippen LogP contribution in [0, 0.1) is 0 Å². The molecule has 1 aliphatic rings. The quantitative estimate of drug-likeness (QED) is 0.545. The molecule has 0 saturated heterocycles. The van der Waals surface area contributed by atoms with E-state index in [2.05, 4.69) is 5.10 Å². The van der Waals surface area contributed by atoms with Crippen molar-refractivity contribution in [3.63, 3.8) is 0 Å². The second kappa shape index (κ2) is 6.73. The summed E-state index contributed by atoms with van der Waals surface area (Å²) >= 11 is 0. The molecule has 0 saturated carbocycles. The minimum absolute atomic E-state index is 0.0202. The number of hydroxylamine groups is 1. The maximum atomic E-state index is 12.9. The highest BCUT2D eigenvalue weighted by Crippen LogP contribution is 2.23. The highest BCUT2D eigenvalue weighted by Gasteiger charge is 2.31. The molecule has 0 bridgehead atoms. The van der Waals surface area contributed by atoms with Crippen molar-refractivity contribution in [1.82, 2.24) is 24.7 Å². The number of nitrogens with one attached hydrogen (secondary N) is 1. The first-order valence-electron chi connectivity index (χ1n) is 8.61. The number of carbonyl (C=O) groups excluding carboxylic acids is 2. The van der Waals surface area contributed by atoms with Crippen molar-refractivity contribution in [2.45, 2.75) is 26.1 Å². The highest BCUT2D eigenvalue weighted by molar-refractivity contribution is 5.99. The molecular weight excluding hydrogens is 346 g/mol. The van der Waals surface area contributed by atoms with Gasteiger partial charge in [-0.1, -0.05) is 12.1 Å². The number of benzene rings is 1. The molecule has 2 N–H and O–H groups in total. The van der Waals surface area contributed by atoms with Crippen LogP contribution in [0.1, 0.15) is 33.3 Å². The topological polar surface area (TPSA) is 92.4 Å². The van der Waals surface area contributed by atoms with Gasteiger partial charge < -0.3 is 9.47 Å². The lowest BCUT2D eigenvalue weighted by atomic mass is 10.1. The van der Waals surface area contributed by atoms with E-state index in [0.29, 0.717) is 18.8 Å². The van der Waals surface area contributed by atoms with E-state index in [1.54, 1.807) is 32.0 Å². The van der Waals surface area contributed by atoms with E-state index in [9.17, 15) is 9.59 Å². The molecule has 0 aliphatic carbocycles. The molecule has 0 radical (unpaired) electrons. The molecule has 27 heavy (non-hydrogen) atoms. The van der Waals surface area contributed by atoms with Crippen molar-refractivity contribution in [3.05, 3.63) is 71.8 Å². The molecule has 1 unspecified atom stereocenters. The maximum Gasteiger partial charge on any atom is 0.276 e. The van der Waals surface area contributed by atoms with Gasteiger partial charge in [0.25, 0.3) is 11.8 Å². The fourth-order valence-electron chi connectivity index (χ4n) is 3.36. The number of fused-ring (bicyclic) bond motifs is 1. The lowest BCUT2D eigenvalue weighted by molar-refractivity contribution is 0.0595. The second-order valence-corrected chi connectivity index (χ2v) is 6.61. The lowest BCUT2D eigenvalue weighted by Crippen LogP contribution is -2.45. The van der Waals surface area contributed by atoms with Gasteiger partial charge in [0.05, 0.1) is 11.3 Å². The van der Waals surface area contributed by atoms with Gasteiger partial charge in [-0.15, -0.1) is 0 Å². The van der Waals surface area contributed by atoms with Crippen LogP contribution < -0.4 is 5.48 Å². The predicted octanol–water partition coefficient (Wildman–Crippen LogP) is 1.84. The number of nitrogens with zero attached hydrogens (tertiary/aromatic N) is 4. The van der Waals surface area contributed by atoms with E-state index in [0.717, 1.165) is 11.3 Å². The maximum absolute atomic E-state index is 12.9. The van der Waals surface area contributed by atoms with Crippen molar-refractivity contribution in [2.75, 3.05) is 0 Å². The summed E-state index contributed by atoms with van der Waals surface area (Å²) in [4.78, 5) is 26.3. The molecule has 0 spiro atoms. The third-order valence-electron chi connectivity index (χ3n) is 4.79. The fourth-order valence-corrected chi connectivity index (χ4v) is 3.36. The van der Waals surface area contributed by atoms with Gasteiger partial charge in [0.15, 0.2) is 0 Å². The first kappa shape index (κ1) is 17.0. The zero-order valence-electron chi connectivity index (χ0n) is 14.7. The zero-order valence-corrected chi connectivity index (χ0v) is 14.7. The lowest BCUT2D eigenvalue weighted by Gasteiger charge is -2.34. The number of rotatable bonds is 4. The van der Waals surface area contributed by atoms with E-state index >= 15 is 0 Å². The Morgan fingerprint density at radius 2 is 2.11 bits per heavy atom. The molecule has 2 aromatic heterocycles. The number of hydrogen-bond acceptors (Lipinski definition) is 4. The average molecular weight is 365 g/mol. The fraction of sp³-hybridized carbons (Fsp3) is 0.211. The molecule has 4 rings (SSSR count). The molecule has 2 amide bonds. The van der Waals surface area contributed by atoms with Crippen LogP contribution in [0.25, 0.3) is 5.69 Å². The van der Waals surface area contributed by atoms with E-state index in [4.69, 9.17) is 5.21 Å². The van der Waals surface area contributed by atoms with Gasteiger partial charge in [-0.25, -0.2) is 10.2 Å². The Labute approximate surface area is 155 Å². The van der Waals surface area contributed by atoms with Gasteiger partial charge in [-0.2, -0.15) is 5.10 Å². The summed E-state index contributed by atoms with van der Waals surface area (Å²) in [6.45, 7) is 3.04. The van der Waals surface area contributed by atoms with Crippen LogP contribution in [0.15, 0.2) is 55.0 Å². The summed E-state index contributed by atoms with van der Waals surface area (Å²) in [7, 11) is 0. The van der Waals surface area contributed by atoms with Crippen LogP contribution in [-0.4, -0.2) is 42.3 Å². The van der Waals surface area contributed by atoms with Gasteiger partial charge in [-0.05, 0) is 36.8 Å². The molecule has 0 fully saturated rings. The number of carbonyl (C=O) groups is 2. The summed E-state index contributed by atoms with van der Waals surface area (Å²) < 4.78 is 3.54. The first-order valence-corrected chi connectivity index (χ1v) is 8.61. The molecule has 1 atom stereocenters. The minimum Gasteiger partial charge on any atom is -0.341 e. The SMILES string of the molecule is CC1Cn2cc(C(=O)NO)cc2C(=O)N1Cc1ccc(-n2cccn2)cc1. The first-order chi connectivity index (χ1) is 13.1. The molecule has 8 heteroatoms. The Morgan fingerprint density at radius 1 is 1.33 bits per heavy atom. The third kappa shape index (κ3) is 3.11. The van der Waals surface area contributed by atoms with Gasteiger partial charge >= 0.3 is 0 Å². The second-order valence-electron chi connectivity index (χ2n) is 6.61. The predicted molar refractivity (Wildman–Crippen MR) is 96.6 cm³/mol. The standard InChI is InChI=1S/C19H19N5O3/c1-13-10-22-12-15(18(25)21-27)9-17(22)19(26)23(13)11-14-3-5-16(6-4-14)24-8-2-7-20-24/h2-9,12-13,27H,10-11H2,1H3,(H,21,25). The van der Waals surface area contributed by atoms with Crippen LogP contribution in [0.3, 0.4) is 0 Å². The normalized spacial score (nSPS) is 16.3. The van der Waals surface area contributed by atoms with Gasteiger partial charge in [0.1, 0.15) is 5.69 Å². The smallest absolute Gasteiger partial charge is 0.276 e. The van der Waals surface area contributed by atoms with Crippen LogP contribution in [-0.2, 0) is 13.1 Å². The Bertz CT molecular complexity index is 975.